The van der Waals surface area contributed by atoms with Crippen LogP contribution in [0.15, 0.2) is 30.3 Å². The van der Waals surface area contributed by atoms with Gasteiger partial charge in [0.2, 0.25) is 5.91 Å². The van der Waals surface area contributed by atoms with Crippen LogP contribution in [0.2, 0.25) is 0 Å². The van der Waals surface area contributed by atoms with Crippen LogP contribution in [-0.4, -0.2) is 65.7 Å². The normalized spacial score (nSPS) is 28.7. The van der Waals surface area contributed by atoms with Crippen LogP contribution in [0.5, 0.6) is 0 Å². The first kappa shape index (κ1) is 22.8. The number of piperidine rings is 1. The monoisotopic (exact) mass is 442 g/mol. The van der Waals surface area contributed by atoms with Gasteiger partial charge in [0.15, 0.2) is 0 Å². The lowest BCUT2D eigenvalue weighted by Gasteiger charge is -2.43. The summed E-state index contributed by atoms with van der Waals surface area (Å²) in [6.07, 6.45) is 4.64. The average molecular weight is 443 g/mol. The second kappa shape index (κ2) is 9.61. The van der Waals surface area contributed by atoms with Gasteiger partial charge < -0.3 is 14.4 Å². The first-order chi connectivity index (χ1) is 15.4. The predicted octanol–water partition coefficient (Wildman–Crippen LogP) is 3.24. The second-order valence-corrected chi connectivity index (χ2v) is 9.35. The summed E-state index contributed by atoms with van der Waals surface area (Å²) in [6, 6.07) is 8.53. The maximum atomic E-state index is 13.6. The van der Waals surface area contributed by atoms with Crippen LogP contribution in [0.4, 0.5) is 0 Å². The summed E-state index contributed by atoms with van der Waals surface area (Å²) >= 11 is 0. The van der Waals surface area contributed by atoms with E-state index in [1.165, 1.54) is 0 Å². The number of hydrogen-bond acceptors (Lipinski definition) is 5. The van der Waals surface area contributed by atoms with Crippen molar-refractivity contribution in [2.45, 2.75) is 64.1 Å². The van der Waals surface area contributed by atoms with Crippen molar-refractivity contribution in [2.75, 3.05) is 26.3 Å². The van der Waals surface area contributed by atoms with Gasteiger partial charge in [0.25, 0.3) is 5.91 Å². The molecule has 7 nitrogen and oxygen atoms in total. The molecular formula is C25H34N2O5. The van der Waals surface area contributed by atoms with Crippen molar-refractivity contribution < 1.29 is 23.9 Å². The summed E-state index contributed by atoms with van der Waals surface area (Å²) in [5, 5.41) is 0. The molecule has 1 atom stereocenters. The van der Waals surface area contributed by atoms with Gasteiger partial charge in [-0.15, -0.1) is 0 Å². The first-order valence-corrected chi connectivity index (χ1v) is 11.9. The van der Waals surface area contributed by atoms with Gasteiger partial charge in [-0.2, -0.15) is 0 Å². The highest BCUT2D eigenvalue weighted by atomic mass is 16.5. The zero-order valence-corrected chi connectivity index (χ0v) is 19.1. The number of benzene rings is 1. The molecule has 1 aliphatic carbocycles. The zero-order valence-electron chi connectivity index (χ0n) is 19.1. The fourth-order valence-corrected chi connectivity index (χ4v) is 5.30. The molecule has 7 heteroatoms. The number of carbonyl (C=O) groups excluding carboxylic acids is 3. The molecule has 32 heavy (non-hydrogen) atoms. The van der Waals surface area contributed by atoms with E-state index in [1.54, 1.807) is 28.9 Å². The lowest BCUT2D eigenvalue weighted by Crippen LogP contribution is -2.58. The Bertz CT molecular complexity index is 826. The second-order valence-electron chi connectivity index (χ2n) is 9.35. The van der Waals surface area contributed by atoms with Gasteiger partial charge in [-0.25, -0.2) is 0 Å². The van der Waals surface area contributed by atoms with Gasteiger partial charge in [-0.3, -0.25) is 19.3 Å². The van der Waals surface area contributed by atoms with Crippen LogP contribution in [0.1, 0.15) is 62.7 Å². The molecule has 0 bridgehead atoms. The van der Waals surface area contributed by atoms with E-state index in [0.29, 0.717) is 44.0 Å². The van der Waals surface area contributed by atoms with Gasteiger partial charge in [0.05, 0.1) is 19.1 Å². The Morgan fingerprint density at radius 2 is 1.72 bits per heavy atom. The maximum Gasteiger partial charge on any atom is 0.309 e. The number of nitrogens with zero attached hydrogens (tertiary/aromatic N) is 2. The minimum Gasteiger partial charge on any atom is -0.466 e. The molecule has 1 spiro atoms. The molecular weight excluding hydrogens is 408 g/mol. The molecule has 2 saturated heterocycles. The fraction of sp³-hybridized carbons (Fsp3) is 0.640. The van der Waals surface area contributed by atoms with Crippen LogP contribution in [-0.2, 0) is 19.1 Å². The molecule has 2 amide bonds. The average Bonchev–Trinajstić information content (AvgIpc) is 3.19. The van der Waals surface area contributed by atoms with Crippen molar-refractivity contribution in [3.05, 3.63) is 35.9 Å². The van der Waals surface area contributed by atoms with Gasteiger partial charge in [0, 0.05) is 18.7 Å². The Balaban J connectivity index is 1.52. The predicted molar refractivity (Wildman–Crippen MR) is 119 cm³/mol. The van der Waals surface area contributed by atoms with E-state index in [4.69, 9.17) is 9.47 Å². The van der Waals surface area contributed by atoms with Crippen molar-refractivity contribution in [1.82, 2.24) is 9.80 Å². The fourth-order valence-electron chi connectivity index (χ4n) is 5.30. The van der Waals surface area contributed by atoms with Crippen molar-refractivity contribution in [3.63, 3.8) is 0 Å². The Morgan fingerprint density at radius 3 is 2.34 bits per heavy atom. The summed E-state index contributed by atoms with van der Waals surface area (Å²) < 4.78 is 11.4. The number of likely N-dealkylation sites (tertiary alicyclic amines) is 1. The van der Waals surface area contributed by atoms with Crippen molar-refractivity contribution >= 4 is 17.8 Å². The summed E-state index contributed by atoms with van der Waals surface area (Å²) in [5.74, 6) is 0.0334. The van der Waals surface area contributed by atoms with E-state index in [9.17, 15) is 14.4 Å². The molecule has 174 valence electrons. The highest BCUT2D eigenvalue weighted by molar-refractivity contribution is 5.98. The summed E-state index contributed by atoms with van der Waals surface area (Å²) in [5.41, 5.74) is -0.127. The Hall–Kier alpha value is -2.41. The maximum absolute atomic E-state index is 13.6. The van der Waals surface area contributed by atoms with Crippen LogP contribution in [0, 0.1) is 11.8 Å². The van der Waals surface area contributed by atoms with Crippen LogP contribution in [0.3, 0.4) is 0 Å². The standard InChI is InChI=1S/C25H34N2O5/c1-3-31-24(30)20-11-15-26(16-12-20)23(29)21-17-32-25(13-9-18(2)10-14-25)27(21)22(28)19-7-5-4-6-8-19/h4-8,18,20-21H,3,9-17H2,1-2H3/t18?,21-,25?/m0/s1. The highest BCUT2D eigenvalue weighted by Gasteiger charge is 2.54. The summed E-state index contributed by atoms with van der Waals surface area (Å²) in [6.45, 7) is 5.61. The third-order valence-corrected chi connectivity index (χ3v) is 7.27. The van der Waals surface area contributed by atoms with Crippen molar-refractivity contribution in [1.29, 1.82) is 0 Å². The summed E-state index contributed by atoms with van der Waals surface area (Å²) in [7, 11) is 0. The number of esters is 1. The molecule has 0 unspecified atom stereocenters. The minimum absolute atomic E-state index is 0.0768. The lowest BCUT2D eigenvalue weighted by molar-refractivity contribution is -0.152. The third kappa shape index (κ3) is 4.40. The van der Waals surface area contributed by atoms with Gasteiger partial charge in [-0.1, -0.05) is 25.1 Å². The van der Waals surface area contributed by atoms with Crippen LogP contribution < -0.4 is 0 Å². The summed E-state index contributed by atoms with van der Waals surface area (Å²) in [4.78, 5) is 42.8. The molecule has 0 N–H and O–H groups in total. The minimum atomic E-state index is -0.705. The highest BCUT2D eigenvalue weighted by Crippen LogP contribution is 2.43. The van der Waals surface area contributed by atoms with Crippen LogP contribution >= 0.6 is 0 Å². The van der Waals surface area contributed by atoms with Crippen molar-refractivity contribution in [3.8, 4) is 0 Å². The topological polar surface area (TPSA) is 76.2 Å². The van der Waals surface area contributed by atoms with E-state index in [0.717, 1.165) is 25.7 Å². The van der Waals surface area contributed by atoms with E-state index in [-0.39, 0.29) is 30.3 Å². The third-order valence-electron chi connectivity index (χ3n) is 7.27. The first-order valence-electron chi connectivity index (χ1n) is 11.9. The van der Waals surface area contributed by atoms with Gasteiger partial charge in [-0.05, 0) is 63.5 Å². The van der Waals surface area contributed by atoms with E-state index >= 15 is 0 Å². The quantitative estimate of drug-likeness (QED) is 0.669. The lowest BCUT2D eigenvalue weighted by atomic mass is 9.83. The number of hydrogen-bond donors (Lipinski definition) is 0. The van der Waals surface area contributed by atoms with Gasteiger partial charge >= 0.3 is 5.97 Å². The number of rotatable bonds is 4. The van der Waals surface area contributed by atoms with Gasteiger partial charge in [0.1, 0.15) is 11.8 Å². The zero-order chi connectivity index (χ0) is 22.7. The molecule has 0 aromatic heterocycles. The van der Waals surface area contributed by atoms with E-state index < -0.39 is 11.8 Å². The van der Waals surface area contributed by atoms with Crippen molar-refractivity contribution in [2.24, 2.45) is 11.8 Å². The molecule has 1 saturated carbocycles. The molecule has 0 radical (unpaired) electrons. The van der Waals surface area contributed by atoms with E-state index in [2.05, 4.69) is 6.92 Å². The number of amides is 2. The molecule has 3 fully saturated rings. The Morgan fingerprint density at radius 1 is 1.06 bits per heavy atom. The molecule has 1 aromatic carbocycles. The van der Waals surface area contributed by atoms with Crippen LogP contribution in [0.25, 0.3) is 0 Å². The Labute approximate surface area is 190 Å². The largest absolute Gasteiger partial charge is 0.466 e. The molecule has 1 aromatic rings. The number of ether oxygens (including phenoxy) is 2. The SMILES string of the molecule is CCOC(=O)C1CCN(C(=O)[C@@H]2COC3(CCC(C)CC3)N2C(=O)c2ccccc2)CC1. The number of carbonyl (C=O) groups is 3. The molecule has 4 rings (SSSR count). The molecule has 2 aliphatic heterocycles. The van der Waals surface area contributed by atoms with E-state index in [1.807, 2.05) is 18.2 Å². The molecule has 3 aliphatic rings. The smallest absolute Gasteiger partial charge is 0.309 e. The molecule has 2 heterocycles. The Kier molecular flexibility index (Phi) is 6.84.